The van der Waals surface area contributed by atoms with Gasteiger partial charge in [-0.25, -0.2) is 4.79 Å². The van der Waals surface area contributed by atoms with Crippen molar-refractivity contribution >= 4 is 12.2 Å². The van der Waals surface area contributed by atoms with E-state index >= 15 is 0 Å². The number of carboxylic acid groups (broad SMARTS) is 1. The molecule has 0 radical (unpaired) electrons. The third kappa shape index (κ3) is 11.8. The lowest BCUT2D eigenvalue weighted by molar-refractivity contribution is -0.128. The average molecular weight is 158 g/mol. The minimum atomic E-state index is -1.20. The molecule has 0 saturated heterocycles. The molecule has 0 aliphatic rings. The lowest BCUT2D eigenvalue weighted by Gasteiger charge is -1.63. The molecule has 5 N–H and O–H groups in total. The fourth-order valence-corrected chi connectivity index (χ4v) is 0.227. The maximum Gasteiger partial charge on any atom is 0.346 e. The van der Waals surface area contributed by atoms with Gasteiger partial charge in [-0.2, -0.15) is 0 Å². The van der Waals surface area contributed by atoms with Crippen LogP contribution in [0.25, 0.3) is 0 Å². The van der Waals surface area contributed by atoms with Crippen molar-refractivity contribution in [3.63, 3.8) is 0 Å². The molecule has 0 saturated carbocycles. The molecular weight excluding hydrogens is 148 g/mol. The summed E-state index contributed by atoms with van der Waals surface area (Å²) in [5, 5.41) is 13.4. The number of nitrogens with one attached hydrogen (secondary N) is 1. The molecule has 0 aliphatic heterocycles. The molecule has 1 heterocycles. The average Bonchev–Trinajstić information content (AvgIpc) is 2.43. The highest BCUT2D eigenvalue weighted by Crippen LogP contribution is 1.79. The summed E-state index contributed by atoms with van der Waals surface area (Å²) in [6.45, 7) is 0. The molecule has 0 fully saturated rings. The molecule has 11 heavy (non-hydrogen) atoms. The number of furan rings is 1. The zero-order valence-electron chi connectivity index (χ0n) is 5.86. The molecule has 5 nitrogen and oxygen atoms in total. The molecular formula is C6H10N2O3. The number of hydrogen-bond donors (Lipinski definition) is 3. The van der Waals surface area contributed by atoms with Crippen LogP contribution in [0.4, 0.5) is 0 Å². The normalized spacial score (nSPS) is 6.55. The summed E-state index contributed by atoms with van der Waals surface area (Å²) in [5.74, 6) is -1.20. The molecule has 5 heteroatoms. The van der Waals surface area contributed by atoms with Gasteiger partial charge in [0, 0.05) is 0 Å². The van der Waals surface area contributed by atoms with Gasteiger partial charge in [0.2, 0.25) is 0 Å². The fraction of sp³-hybridized carbons (Fsp3) is 0. The van der Waals surface area contributed by atoms with Gasteiger partial charge < -0.3 is 21.1 Å². The van der Waals surface area contributed by atoms with Crippen molar-refractivity contribution in [1.82, 2.24) is 6.15 Å². The van der Waals surface area contributed by atoms with Crippen molar-refractivity contribution in [3.05, 3.63) is 24.7 Å². The Labute approximate surface area is 63.7 Å². The largest absolute Gasteiger partial charge is 0.477 e. The van der Waals surface area contributed by atoms with E-state index in [9.17, 15) is 0 Å². The van der Waals surface area contributed by atoms with E-state index < -0.39 is 5.97 Å². The van der Waals surface area contributed by atoms with Gasteiger partial charge in [0.05, 0.1) is 12.5 Å². The lowest BCUT2D eigenvalue weighted by atomic mass is 10.7. The van der Waals surface area contributed by atoms with Gasteiger partial charge in [0.1, 0.15) is 6.21 Å². The van der Waals surface area contributed by atoms with Gasteiger partial charge in [0.15, 0.2) is 0 Å². The van der Waals surface area contributed by atoms with Crippen LogP contribution in [-0.4, -0.2) is 17.3 Å². The van der Waals surface area contributed by atoms with Crippen LogP contribution in [0.15, 0.2) is 29.1 Å². The first-order valence-corrected chi connectivity index (χ1v) is 2.48. The third-order valence-electron chi connectivity index (χ3n) is 0.549. The summed E-state index contributed by atoms with van der Waals surface area (Å²) in [7, 11) is 0. The van der Waals surface area contributed by atoms with Crippen molar-refractivity contribution in [2.24, 2.45) is 0 Å². The quantitative estimate of drug-likeness (QED) is 0.532. The Hall–Kier alpha value is -1.62. The molecule has 62 valence electrons. The molecule has 0 aromatic carbocycles. The van der Waals surface area contributed by atoms with Crippen LogP contribution in [-0.2, 0) is 4.79 Å². The van der Waals surface area contributed by atoms with Crippen LogP contribution in [0.3, 0.4) is 0 Å². The molecule has 0 amide bonds. The van der Waals surface area contributed by atoms with Crippen LogP contribution in [0.5, 0.6) is 0 Å². The smallest absolute Gasteiger partial charge is 0.346 e. The van der Waals surface area contributed by atoms with Gasteiger partial charge in [-0.1, -0.05) is 0 Å². The van der Waals surface area contributed by atoms with E-state index in [1.165, 1.54) is 0 Å². The SMILES string of the molecule is N.N=CC(=O)O.c1ccoc1. The second-order valence-electron chi connectivity index (χ2n) is 1.28. The first-order valence-electron chi connectivity index (χ1n) is 2.48. The Kier molecular flexibility index (Phi) is 9.21. The molecule has 0 spiro atoms. The molecule has 0 unspecified atom stereocenters. The summed E-state index contributed by atoms with van der Waals surface area (Å²) in [6, 6.07) is 3.67. The van der Waals surface area contributed by atoms with Crippen molar-refractivity contribution < 1.29 is 14.3 Å². The first kappa shape index (κ1) is 12.1. The minimum Gasteiger partial charge on any atom is -0.477 e. The molecule has 1 aromatic rings. The highest BCUT2D eigenvalue weighted by molar-refractivity contribution is 6.20. The van der Waals surface area contributed by atoms with E-state index in [0.717, 1.165) is 0 Å². The Bertz CT molecular complexity index is 166. The van der Waals surface area contributed by atoms with Crippen LogP contribution in [0.1, 0.15) is 0 Å². The lowest BCUT2D eigenvalue weighted by Crippen LogP contribution is -1.91. The number of carbonyl (C=O) groups is 1. The summed E-state index contributed by atoms with van der Waals surface area (Å²) >= 11 is 0. The number of carboxylic acids is 1. The van der Waals surface area contributed by atoms with E-state index in [4.69, 9.17) is 15.3 Å². The zero-order chi connectivity index (χ0) is 7.82. The maximum atomic E-state index is 9.12. The van der Waals surface area contributed by atoms with Gasteiger partial charge in [0.25, 0.3) is 0 Å². The van der Waals surface area contributed by atoms with Crippen molar-refractivity contribution in [1.29, 1.82) is 5.41 Å². The predicted octanol–water partition coefficient (Wildman–Crippen LogP) is 1.16. The number of rotatable bonds is 1. The van der Waals surface area contributed by atoms with E-state index in [1.807, 2.05) is 12.1 Å². The highest BCUT2D eigenvalue weighted by atomic mass is 16.4. The fourth-order valence-electron chi connectivity index (χ4n) is 0.227. The highest BCUT2D eigenvalue weighted by Gasteiger charge is 1.76. The van der Waals surface area contributed by atoms with Crippen molar-refractivity contribution in [2.45, 2.75) is 0 Å². The molecule has 1 rings (SSSR count). The second kappa shape index (κ2) is 8.38. The molecule has 0 bridgehead atoms. The molecule has 0 aliphatic carbocycles. The minimum absolute atomic E-state index is 0. The van der Waals surface area contributed by atoms with Crippen LogP contribution < -0.4 is 6.15 Å². The van der Waals surface area contributed by atoms with E-state index in [2.05, 4.69) is 4.42 Å². The van der Waals surface area contributed by atoms with Crippen molar-refractivity contribution in [2.75, 3.05) is 0 Å². The second-order valence-corrected chi connectivity index (χ2v) is 1.28. The van der Waals surface area contributed by atoms with Gasteiger partial charge in [-0.05, 0) is 12.1 Å². The standard InChI is InChI=1S/C4H4O.C2H3NO2.H3N/c1-2-4-5-3-1;3-1-2(4)5;/h1-4H;1,3H,(H,4,5);1H3. The third-order valence-corrected chi connectivity index (χ3v) is 0.549. The monoisotopic (exact) mass is 158 g/mol. The predicted molar refractivity (Wildman–Crippen MR) is 40.1 cm³/mol. The van der Waals surface area contributed by atoms with E-state index in [-0.39, 0.29) is 6.15 Å². The number of hydrogen-bond acceptors (Lipinski definition) is 4. The number of aliphatic carboxylic acids is 1. The van der Waals surface area contributed by atoms with Gasteiger partial charge >= 0.3 is 5.97 Å². The Balaban J connectivity index is 0. The van der Waals surface area contributed by atoms with Crippen molar-refractivity contribution in [3.8, 4) is 0 Å². The topological polar surface area (TPSA) is 109 Å². The van der Waals surface area contributed by atoms with E-state index in [0.29, 0.717) is 6.21 Å². The van der Waals surface area contributed by atoms with E-state index in [1.54, 1.807) is 12.5 Å². The zero-order valence-corrected chi connectivity index (χ0v) is 5.86. The molecule has 1 aromatic heterocycles. The maximum absolute atomic E-state index is 9.12. The Morgan fingerprint density at radius 2 is 1.82 bits per heavy atom. The van der Waals surface area contributed by atoms with Crippen LogP contribution in [0.2, 0.25) is 0 Å². The van der Waals surface area contributed by atoms with Crippen LogP contribution in [0, 0.1) is 5.41 Å². The first-order chi connectivity index (χ1) is 4.77. The summed E-state index contributed by atoms with van der Waals surface area (Å²) < 4.78 is 4.58. The summed E-state index contributed by atoms with van der Waals surface area (Å²) in [5.41, 5.74) is 0. The Morgan fingerprint density at radius 1 is 1.45 bits per heavy atom. The van der Waals surface area contributed by atoms with Crippen LogP contribution >= 0.6 is 0 Å². The summed E-state index contributed by atoms with van der Waals surface area (Å²) in [6.07, 6.45) is 3.58. The Morgan fingerprint density at radius 3 is 1.91 bits per heavy atom. The summed E-state index contributed by atoms with van der Waals surface area (Å²) in [4.78, 5) is 9.12. The molecule has 0 atom stereocenters. The van der Waals surface area contributed by atoms with Gasteiger partial charge in [-0.15, -0.1) is 0 Å². The van der Waals surface area contributed by atoms with Gasteiger partial charge in [-0.3, -0.25) is 0 Å².